The van der Waals surface area contributed by atoms with Crippen molar-refractivity contribution < 1.29 is 22.0 Å². The minimum atomic E-state index is -4.62. The third kappa shape index (κ3) is 2.73. The predicted octanol–water partition coefficient (Wildman–Crippen LogP) is 4.45. The van der Waals surface area contributed by atoms with Gasteiger partial charge in [0.2, 0.25) is 5.95 Å². The number of halogens is 4. The first-order valence-corrected chi connectivity index (χ1v) is 8.00. The van der Waals surface area contributed by atoms with Crippen LogP contribution in [0.15, 0.2) is 28.8 Å². The number of benzene rings is 1. The lowest BCUT2D eigenvalue weighted by atomic mass is 9.91. The lowest BCUT2D eigenvalue weighted by Crippen LogP contribution is -2.19. The zero-order chi connectivity index (χ0) is 18.5. The average molecular weight is 366 g/mol. The summed E-state index contributed by atoms with van der Waals surface area (Å²) in [6.45, 7) is 0. The lowest BCUT2D eigenvalue weighted by Gasteiger charge is -2.23. The van der Waals surface area contributed by atoms with E-state index in [-0.39, 0.29) is 12.0 Å². The molecule has 0 aliphatic heterocycles. The van der Waals surface area contributed by atoms with Crippen molar-refractivity contribution in [3.63, 3.8) is 0 Å². The SMILES string of the molecule is Nc1nc(N[C@@H]2CCCc3oc4cccc(F)c4c32)ncc1C(F)(F)F. The summed E-state index contributed by atoms with van der Waals surface area (Å²) < 4.78 is 58.4. The number of hydrogen-bond acceptors (Lipinski definition) is 5. The molecule has 3 aromatic rings. The molecule has 136 valence electrons. The number of hydrogen-bond donors (Lipinski definition) is 2. The van der Waals surface area contributed by atoms with E-state index in [2.05, 4.69) is 15.3 Å². The van der Waals surface area contributed by atoms with Crippen LogP contribution in [0, 0.1) is 5.82 Å². The van der Waals surface area contributed by atoms with Crippen molar-refractivity contribution in [2.75, 3.05) is 11.1 Å². The van der Waals surface area contributed by atoms with E-state index in [9.17, 15) is 17.6 Å². The number of nitrogens with zero attached hydrogens (tertiary/aromatic N) is 2. The fraction of sp³-hybridized carbons (Fsp3) is 0.294. The van der Waals surface area contributed by atoms with Crippen molar-refractivity contribution >= 4 is 22.7 Å². The van der Waals surface area contributed by atoms with Gasteiger partial charge in [0.25, 0.3) is 0 Å². The van der Waals surface area contributed by atoms with Crippen molar-refractivity contribution in [2.24, 2.45) is 0 Å². The molecule has 3 N–H and O–H groups in total. The van der Waals surface area contributed by atoms with Crippen molar-refractivity contribution in [3.05, 3.63) is 47.1 Å². The Morgan fingerprint density at radius 3 is 2.81 bits per heavy atom. The molecule has 5 nitrogen and oxygen atoms in total. The molecule has 1 aliphatic rings. The number of nitrogens with two attached hydrogens (primary N) is 1. The van der Waals surface area contributed by atoms with E-state index >= 15 is 0 Å². The number of aryl methyl sites for hydroxylation is 1. The number of fused-ring (bicyclic) bond motifs is 3. The third-order valence-electron chi connectivity index (χ3n) is 4.45. The van der Waals surface area contributed by atoms with Crippen LogP contribution < -0.4 is 11.1 Å². The van der Waals surface area contributed by atoms with Crippen LogP contribution in [0.1, 0.15) is 35.8 Å². The summed E-state index contributed by atoms with van der Waals surface area (Å²) in [6.07, 6.45) is -1.90. The van der Waals surface area contributed by atoms with Gasteiger partial charge in [-0.25, -0.2) is 9.37 Å². The fourth-order valence-electron chi connectivity index (χ4n) is 3.33. The maximum Gasteiger partial charge on any atom is 0.421 e. The van der Waals surface area contributed by atoms with Crippen LogP contribution in [-0.4, -0.2) is 9.97 Å². The Labute approximate surface area is 145 Å². The Kier molecular flexibility index (Phi) is 3.74. The van der Waals surface area contributed by atoms with Gasteiger partial charge < -0.3 is 15.5 Å². The van der Waals surface area contributed by atoms with Gasteiger partial charge in [-0.15, -0.1) is 0 Å². The van der Waals surface area contributed by atoms with Gasteiger partial charge in [-0.05, 0) is 25.0 Å². The van der Waals surface area contributed by atoms with Crippen molar-refractivity contribution in [2.45, 2.75) is 31.5 Å². The Hall–Kier alpha value is -2.84. The number of alkyl halides is 3. The first kappa shape index (κ1) is 16.6. The van der Waals surface area contributed by atoms with Crippen LogP contribution in [0.3, 0.4) is 0 Å². The van der Waals surface area contributed by atoms with E-state index in [1.54, 1.807) is 12.1 Å². The minimum absolute atomic E-state index is 0.0426. The van der Waals surface area contributed by atoms with Gasteiger partial charge in [0.05, 0.1) is 11.4 Å². The van der Waals surface area contributed by atoms with E-state index < -0.39 is 23.4 Å². The summed E-state index contributed by atoms with van der Waals surface area (Å²) in [5, 5.41) is 3.34. The second kappa shape index (κ2) is 5.86. The molecule has 0 bridgehead atoms. The zero-order valence-corrected chi connectivity index (χ0v) is 13.4. The molecule has 26 heavy (non-hydrogen) atoms. The van der Waals surface area contributed by atoms with Gasteiger partial charge in [-0.3, -0.25) is 0 Å². The van der Waals surface area contributed by atoms with Crippen LogP contribution in [-0.2, 0) is 12.6 Å². The van der Waals surface area contributed by atoms with E-state index in [0.717, 1.165) is 6.42 Å². The molecule has 0 unspecified atom stereocenters. The summed E-state index contributed by atoms with van der Waals surface area (Å²) in [6, 6.07) is 4.21. The standard InChI is InChI=1S/C17H14F4N4O/c18-9-3-1-5-11-13(9)14-10(4-2-6-12(14)26-11)24-16-23-7-8(15(22)25-16)17(19,20)21/h1,3,5,7,10H,2,4,6H2,(H3,22,23,24,25)/t10-/m1/s1. The maximum atomic E-state index is 14.3. The molecular formula is C17H14F4N4O. The van der Waals surface area contributed by atoms with Crippen LogP contribution in [0.4, 0.5) is 29.3 Å². The summed E-state index contributed by atoms with van der Waals surface area (Å²) in [5.41, 5.74) is 5.42. The molecule has 0 saturated carbocycles. The topological polar surface area (TPSA) is 77.0 Å². The maximum absolute atomic E-state index is 14.3. The molecule has 2 aromatic heterocycles. The summed E-state index contributed by atoms with van der Waals surface area (Å²) >= 11 is 0. The Bertz CT molecular complexity index is 983. The highest BCUT2D eigenvalue weighted by Crippen LogP contribution is 2.40. The quantitative estimate of drug-likeness (QED) is 0.655. The van der Waals surface area contributed by atoms with Crippen molar-refractivity contribution in [1.29, 1.82) is 0 Å². The van der Waals surface area contributed by atoms with E-state index in [0.29, 0.717) is 41.3 Å². The normalized spacial score (nSPS) is 17.3. The van der Waals surface area contributed by atoms with Gasteiger partial charge in [0.15, 0.2) is 0 Å². The number of aromatic nitrogens is 2. The summed E-state index contributed by atoms with van der Waals surface area (Å²) in [5.74, 6) is -0.448. The molecule has 4 rings (SSSR count). The molecule has 1 aromatic carbocycles. The van der Waals surface area contributed by atoms with Crippen LogP contribution in [0.5, 0.6) is 0 Å². The van der Waals surface area contributed by atoms with Gasteiger partial charge in [0.1, 0.15) is 28.5 Å². The van der Waals surface area contributed by atoms with Crippen LogP contribution in [0.2, 0.25) is 0 Å². The van der Waals surface area contributed by atoms with Crippen molar-refractivity contribution in [1.82, 2.24) is 9.97 Å². The summed E-state index contributed by atoms with van der Waals surface area (Å²) in [7, 11) is 0. The first-order valence-electron chi connectivity index (χ1n) is 8.00. The Balaban J connectivity index is 1.71. The highest BCUT2D eigenvalue weighted by molar-refractivity contribution is 5.84. The molecule has 0 fully saturated rings. The van der Waals surface area contributed by atoms with Gasteiger partial charge in [0, 0.05) is 18.2 Å². The smallest absolute Gasteiger partial charge is 0.421 e. The van der Waals surface area contributed by atoms with Crippen LogP contribution in [0.25, 0.3) is 11.0 Å². The molecule has 0 saturated heterocycles. The molecular weight excluding hydrogens is 352 g/mol. The first-order chi connectivity index (χ1) is 12.3. The Morgan fingerprint density at radius 1 is 1.27 bits per heavy atom. The van der Waals surface area contributed by atoms with Crippen molar-refractivity contribution in [3.8, 4) is 0 Å². The Morgan fingerprint density at radius 2 is 2.08 bits per heavy atom. The number of anilines is 2. The van der Waals surface area contributed by atoms with E-state index in [1.807, 2.05) is 0 Å². The highest BCUT2D eigenvalue weighted by atomic mass is 19.4. The van der Waals surface area contributed by atoms with E-state index in [4.69, 9.17) is 10.2 Å². The molecule has 9 heteroatoms. The number of rotatable bonds is 2. The molecule has 0 radical (unpaired) electrons. The molecule has 2 heterocycles. The zero-order valence-electron chi connectivity index (χ0n) is 13.4. The highest BCUT2D eigenvalue weighted by Gasteiger charge is 2.35. The fourth-order valence-corrected chi connectivity index (χ4v) is 3.33. The molecule has 0 spiro atoms. The van der Waals surface area contributed by atoms with Crippen LogP contribution >= 0.6 is 0 Å². The second-order valence-electron chi connectivity index (χ2n) is 6.13. The second-order valence-corrected chi connectivity index (χ2v) is 6.13. The third-order valence-corrected chi connectivity index (χ3v) is 4.45. The summed E-state index contributed by atoms with van der Waals surface area (Å²) in [4.78, 5) is 7.42. The van der Waals surface area contributed by atoms with Gasteiger partial charge in [-0.1, -0.05) is 6.07 Å². The van der Waals surface area contributed by atoms with Gasteiger partial charge in [-0.2, -0.15) is 18.2 Å². The monoisotopic (exact) mass is 366 g/mol. The van der Waals surface area contributed by atoms with E-state index in [1.165, 1.54) is 6.07 Å². The van der Waals surface area contributed by atoms with Gasteiger partial charge >= 0.3 is 6.18 Å². The largest absolute Gasteiger partial charge is 0.461 e. The average Bonchev–Trinajstić information content (AvgIpc) is 2.94. The lowest BCUT2D eigenvalue weighted by molar-refractivity contribution is -0.137. The number of nitrogen functional groups attached to an aromatic ring is 1. The predicted molar refractivity (Wildman–Crippen MR) is 86.9 cm³/mol. The number of furan rings is 1. The molecule has 1 aliphatic carbocycles. The minimum Gasteiger partial charge on any atom is -0.461 e. The molecule has 0 amide bonds. The molecule has 1 atom stereocenters. The number of nitrogens with one attached hydrogen (secondary N) is 1.